The number of methoxy groups -OCH3 is 1. The van der Waals surface area contributed by atoms with Crippen LogP contribution in [0.2, 0.25) is 5.02 Å². The Morgan fingerprint density at radius 1 is 1.30 bits per heavy atom. The first kappa shape index (κ1) is 26.9. The van der Waals surface area contributed by atoms with Crippen molar-refractivity contribution in [2.75, 3.05) is 20.3 Å². The van der Waals surface area contributed by atoms with Crippen LogP contribution >= 0.6 is 38.9 Å². The number of fused-ring (bicyclic) bond motifs is 1. The van der Waals surface area contributed by atoms with Crippen molar-refractivity contribution in [2.24, 2.45) is 4.99 Å². The molecule has 37 heavy (non-hydrogen) atoms. The van der Waals surface area contributed by atoms with Crippen molar-refractivity contribution in [1.82, 2.24) is 4.57 Å². The Morgan fingerprint density at radius 2 is 2.03 bits per heavy atom. The van der Waals surface area contributed by atoms with Crippen LogP contribution in [0.4, 0.5) is 0 Å². The van der Waals surface area contributed by atoms with Gasteiger partial charge in [-0.1, -0.05) is 47.7 Å². The average Bonchev–Trinajstić information content (AvgIpc) is 3.17. The third-order valence-corrected chi connectivity index (χ3v) is 7.42. The molecule has 4 rings (SSSR count). The Morgan fingerprint density at radius 3 is 2.68 bits per heavy atom. The highest BCUT2D eigenvalue weighted by Gasteiger charge is 2.33. The predicted molar refractivity (Wildman–Crippen MR) is 148 cm³/mol. The van der Waals surface area contributed by atoms with E-state index in [9.17, 15) is 9.59 Å². The van der Waals surface area contributed by atoms with E-state index >= 15 is 0 Å². The molecule has 3 aromatic rings. The number of thiazole rings is 1. The molecule has 1 atom stereocenters. The van der Waals surface area contributed by atoms with E-state index in [2.05, 4.69) is 27.5 Å². The van der Waals surface area contributed by atoms with Gasteiger partial charge in [-0.25, -0.2) is 9.79 Å². The minimum absolute atomic E-state index is 0.205. The van der Waals surface area contributed by atoms with Crippen molar-refractivity contribution < 1.29 is 19.0 Å². The van der Waals surface area contributed by atoms with Crippen LogP contribution in [-0.4, -0.2) is 30.9 Å². The lowest BCUT2D eigenvalue weighted by atomic mass is 9.96. The third kappa shape index (κ3) is 5.44. The summed E-state index contributed by atoms with van der Waals surface area (Å²) < 4.78 is 19.2. The number of esters is 1. The zero-order valence-corrected chi connectivity index (χ0v) is 23.6. The Labute approximate surface area is 231 Å². The number of rotatable bonds is 8. The standard InChI is InChI=1S/C27H24BrClN2O5S/c1-5-11-36-24-19(28)12-16(13-20(24)34-4)14-21-25(32)31-23(17-7-9-18(29)10-8-17)22(26(33)35-6-2)15(3)30-27(31)37-21/h5,7-10,12-14,23H,1,6,11H2,2-4H3/b21-14+. The average molecular weight is 604 g/mol. The van der Waals surface area contributed by atoms with Gasteiger partial charge in [0.25, 0.3) is 5.56 Å². The van der Waals surface area contributed by atoms with Crippen molar-refractivity contribution >= 4 is 50.9 Å². The molecule has 1 unspecified atom stereocenters. The van der Waals surface area contributed by atoms with Gasteiger partial charge >= 0.3 is 5.97 Å². The van der Waals surface area contributed by atoms with E-state index in [-0.39, 0.29) is 12.2 Å². The second-order valence-electron chi connectivity index (χ2n) is 7.99. The van der Waals surface area contributed by atoms with Crippen molar-refractivity contribution in [2.45, 2.75) is 19.9 Å². The van der Waals surface area contributed by atoms with Crippen LogP contribution in [0.15, 0.2) is 74.6 Å². The third-order valence-electron chi connectivity index (χ3n) is 5.60. The summed E-state index contributed by atoms with van der Waals surface area (Å²) in [4.78, 5) is 31.8. The Hall–Kier alpha value is -3.14. The fourth-order valence-electron chi connectivity index (χ4n) is 4.01. The van der Waals surface area contributed by atoms with E-state index in [0.717, 1.165) is 11.1 Å². The molecule has 1 aliphatic rings. The molecule has 0 bridgehead atoms. The van der Waals surface area contributed by atoms with Gasteiger partial charge in [0.05, 0.1) is 40.0 Å². The summed E-state index contributed by atoms with van der Waals surface area (Å²) in [6.45, 7) is 7.68. The number of hydrogen-bond acceptors (Lipinski definition) is 7. The van der Waals surface area contributed by atoms with E-state index in [4.69, 9.17) is 25.8 Å². The highest BCUT2D eigenvalue weighted by molar-refractivity contribution is 9.10. The van der Waals surface area contributed by atoms with Crippen molar-refractivity contribution in [3.63, 3.8) is 0 Å². The van der Waals surface area contributed by atoms with Crippen molar-refractivity contribution in [1.29, 1.82) is 0 Å². The SMILES string of the molecule is C=CCOc1c(Br)cc(/C=c2/sc3n(c2=O)C(c2ccc(Cl)cc2)C(C(=O)OCC)=C(C)N=3)cc1OC. The van der Waals surface area contributed by atoms with Gasteiger partial charge in [0.1, 0.15) is 6.61 Å². The zero-order chi connectivity index (χ0) is 26.7. The molecule has 1 aromatic heterocycles. The zero-order valence-electron chi connectivity index (χ0n) is 20.4. The van der Waals surface area contributed by atoms with Gasteiger partial charge in [-0.15, -0.1) is 0 Å². The summed E-state index contributed by atoms with van der Waals surface area (Å²) in [5.74, 6) is 0.537. The summed E-state index contributed by atoms with van der Waals surface area (Å²) >= 11 is 10.9. The fourth-order valence-corrected chi connectivity index (χ4v) is 5.76. The minimum Gasteiger partial charge on any atom is -0.493 e. The number of hydrogen-bond donors (Lipinski definition) is 0. The quantitative estimate of drug-likeness (QED) is 0.273. The van der Waals surface area contributed by atoms with Crippen LogP contribution < -0.4 is 24.4 Å². The lowest BCUT2D eigenvalue weighted by Crippen LogP contribution is -2.39. The number of nitrogens with zero attached hydrogens (tertiary/aromatic N) is 2. The first-order valence-electron chi connectivity index (χ1n) is 11.3. The molecule has 0 spiro atoms. The molecule has 192 valence electrons. The molecule has 0 amide bonds. The monoisotopic (exact) mass is 602 g/mol. The number of benzene rings is 2. The molecule has 0 saturated carbocycles. The molecule has 1 aliphatic heterocycles. The topological polar surface area (TPSA) is 79.1 Å². The van der Waals surface area contributed by atoms with E-state index < -0.39 is 12.0 Å². The highest BCUT2D eigenvalue weighted by atomic mass is 79.9. The van der Waals surface area contributed by atoms with Gasteiger partial charge in [-0.05, 0) is 71.2 Å². The summed E-state index contributed by atoms with van der Waals surface area (Å²) in [5, 5.41) is 0.551. The van der Waals surface area contributed by atoms with Gasteiger partial charge in [-0.2, -0.15) is 0 Å². The van der Waals surface area contributed by atoms with E-state index in [1.54, 1.807) is 63.4 Å². The molecule has 0 aliphatic carbocycles. The number of allylic oxidation sites excluding steroid dienone is 1. The maximum atomic E-state index is 13.8. The van der Waals surface area contributed by atoms with Crippen LogP contribution in [0.25, 0.3) is 6.08 Å². The number of aromatic nitrogens is 1. The maximum Gasteiger partial charge on any atom is 0.338 e. The van der Waals surface area contributed by atoms with E-state index in [1.165, 1.54) is 15.9 Å². The first-order chi connectivity index (χ1) is 17.8. The highest BCUT2D eigenvalue weighted by Crippen LogP contribution is 2.37. The molecule has 0 fully saturated rings. The van der Waals surface area contributed by atoms with Gasteiger partial charge in [0.2, 0.25) is 0 Å². The maximum absolute atomic E-state index is 13.8. The molecule has 0 saturated heterocycles. The van der Waals surface area contributed by atoms with Crippen LogP contribution in [0.5, 0.6) is 11.5 Å². The summed E-state index contributed by atoms with van der Waals surface area (Å²) in [7, 11) is 1.55. The Kier molecular flexibility index (Phi) is 8.36. The molecular formula is C27H24BrClN2O5S. The Bertz CT molecular complexity index is 1570. The minimum atomic E-state index is -0.703. The van der Waals surface area contributed by atoms with Crippen molar-refractivity contribution in [3.8, 4) is 11.5 Å². The lowest BCUT2D eigenvalue weighted by Gasteiger charge is -2.24. The van der Waals surface area contributed by atoms with Gasteiger partial charge in [0.15, 0.2) is 16.3 Å². The molecular weight excluding hydrogens is 580 g/mol. The molecule has 2 heterocycles. The van der Waals surface area contributed by atoms with E-state index in [1.807, 2.05) is 6.07 Å². The summed E-state index contributed by atoms with van der Waals surface area (Å²) in [5.41, 5.74) is 1.99. The van der Waals surface area contributed by atoms with Gasteiger partial charge in [0, 0.05) is 5.02 Å². The van der Waals surface area contributed by atoms with Crippen LogP contribution in [-0.2, 0) is 9.53 Å². The largest absolute Gasteiger partial charge is 0.493 e. The van der Waals surface area contributed by atoms with Crippen molar-refractivity contribution in [3.05, 3.63) is 101 Å². The molecule has 10 heteroatoms. The Balaban J connectivity index is 1.90. The second kappa shape index (κ2) is 11.5. The van der Waals surface area contributed by atoms with Crippen LogP contribution in [0, 0.1) is 0 Å². The molecule has 0 radical (unpaired) electrons. The first-order valence-corrected chi connectivity index (χ1v) is 13.3. The van der Waals surface area contributed by atoms with Gasteiger partial charge in [-0.3, -0.25) is 9.36 Å². The van der Waals surface area contributed by atoms with E-state index in [0.29, 0.717) is 48.2 Å². The predicted octanol–water partition coefficient (Wildman–Crippen LogP) is 4.79. The number of ether oxygens (including phenoxy) is 3. The molecule has 0 N–H and O–H groups in total. The summed E-state index contributed by atoms with van der Waals surface area (Å²) in [6.07, 6.45) is 3.40. The fraction of sp³-hybridized carbons (Fsp3) is 0.222. The number of carbonyl (C=O) groups is 1. The molecule has 2 aromatic carbocycles. The second-order valence-corrected chi connectivity index (χ2v) is 10.3. The lowest BCUT2D eigenvalue weighted by molar-refractivity contribution is -0.139. The smallest absolute Gasteiger partial charge is 0.338 e. The normalized spacial score (nSPS) is 15.2. The number of carbonyl (C=O) groups excluding carboxylic acids is 1. The number of halogens is 2. The van der Waals surface area contributed by atoms with Crippen LogP contribution in [0.1, 0.15) is 31.0 Å². The van der Waals surface area contributed by atoms with Crippen LogP contribution in [0.3, 0.4) is 0 Å². The van der Waals surface area contributed by atoms with Gasteiger partial charge < -0.3 is 14.2 Å². The summed E-state index contributed by atoms with van der Waals surface area (Å²) in [6, 6.07) is 9.97. The molecule has 7 nitrogen and oxygen atoms in total.